The topological polar surface area (TPSA) is 92.2 Å². The molecule has 1 heterocycles. The zero-order valence-electron chi connectivity index (χ0n) is 11.4. The fourth-order valence-corrected chi connectivity index (χ4v) is 3.34. The summed E-state index contributed by atoms with van der Waals surface area (Å²) >= 11 is 5.98. The first-order chi connectivity index (χ1) is 10.4. The Morgan fingerprint density at radius 1 is 1.23 bits per heavy atom. The normalized spacial score (nSPS) is 11.7. The van der Waals surface area contributed by atoms with Crippen LogP contribution in [0, 0.1) is 6.92 Å². The SMILES string of the molecule is Cc1c(Cl)cccc1NS(=O)(=O)c1ccc2oc(=O)[nH]c2c1. The third-order valence-corrected chi connectivity index (χ3v) is 4.99. The Hall–Kier alpha value is -2.25. The molecule has 0 aliphatic rings. The van der Waals surface area contributed by atoms with Crippen LogP contribution in [0.2, 0.25) is 5.02 Å². The Morgan fingerprint density at radius 2 is 2.00 bits per heavy atom. The molecular weight excluding hydrogens is 328 g/mol. The van der Waals surface area contributed by atoms with Crippen molar-refractivity contribution in [2.45, 2.75) is 11.8 Å². The van der Waals surface area contributed by atoms with Crippen LogP contribution in [0.15, 0.2) is 50.5 Å². The number of H-pyrrole nitrogens is 1. The lowest BCUT2D eigenvalue weighted by Gasteiger charge is -2.11. The van der Waals surface area contributed by atoms with Crippen molar-refractivity contribution in [3.63, 3.8) is 0 Å². The van der Waals surface area contributed by atoms with E-state index in [0.717, 1.165) is 0 Å². The number of hydrogen-bond donors (Lipinski definition) is 2. The number of benzene rings is 2. The molecule has 2 N–H and O–H groups in total. The second-order valence-corrected chi connectivity index (χ2v) is 6.78. The van der Waals surface area contributed by atoms with E-state index in [-0.39, 0.29) is 4.90 Å². The van der Waals surface area contributed by atoms with Gasteiger partial charge in [0.2, 0.25) is 0 Å². The van der Waals surface area contributed by atoms with Crippen molar-refractivity contribution >= 4 is 38.4 Å². The molecular formula is C14H11ClN2O4S. The predicted molar refractivity (Wildman–Crippen MR) is 83.8 cm³/mol. The summed E-state index contributed by atoms with van der Waals surface area (Å²) in [5.74, 6) is -0.636. The Labute approximate surface area is 130 Å². The molecule has 0 spiro atoms. The number of aromatic nitrogens is 1. The van der Waals surface area contributed by atoms with Crippen molar-refractivity contribution in [2.24, 2.45) is 0 Å². The quantitative estimate of drug-likeness (QED) is 0.768. The van der Waals surface area contributed by atoms with Crippen LogP contribution in [0.1, 0.15) is 5.56 Å². The van der Waals surface area contributed by atoms with E-state index >= 15 is 0 Å². The summed E-state index contributed by atoms with van der Waals surface area (Å²) < 4.78 is 32.2. The van der Waals surface area contributed by atoms with Gasteiger partial charge in [0.1, 0.15) is 0 Å². The predicted octanol–water partition coefficient (Wildman–Crippen LogP) is 2.88. The molecule has 0 unspecified atom stereocenters. The summed E-state index contributed by atoms with van der Waals surface area (Å²) in [7, 11) is -3.81. The molecule has 0 aliphatic heterocycles. The van der Waals surface area contributed by atoms with E-state index in [0.29, 0.717) is 27.4 Å². The first-order valence-corrected chi connectivity index (χ1v) is 8.14. The Balaban J connectivity index is 2.04. The van der Waals surface area contributed by atoms with Crippen LogP contribution in [-0.4, -0.2) is 13.4 Å². The maximum Gasteiger partial charge on any atom is 0.417 e. The van der Waals surface area contributed by atoms with E-state index in [1.54, 1.807) is 25.1 Å². The molecule has 8 heteroatoms. The van der Waals surface area contributed by atoms with Gasteiger partial charge in [-0.1, -0.05) is 17.7 Å². The summed E-state index contributed by atoms with van der Waals surface area (Å²) in [4.78, 5) is 13.6. The van der Waals surface area contributed by atoms with Crippen molar-refractivity contribution in [3.8, 4) is 0 Å². The highest BCUT2D eigenvalue weighted by Crippen LogP contribution is 2.26. The van der Waals surface area contributed by atoms with Gasteiger partial charge >= 0.3 is 5.76 Å². The minimum atomic E-state index is -3.81. The summed E-state index contributed by atoms with van der Waals surface area (Å²) in [6.45, 7) is 1.72. The number of nitrogens with one attached hydrogen (secondary N) is 2. The van der Waals surface area contributed by atoms with E-state index in [4.69, 9.17) is 16.0 Å². The Bertz CT molecular complexity index is 1020. The third kappa shape index (κ3) is 2.60. The molecule has 0 fully saturated rings. The van der Waals surface area contributed by atoms with E-state index in [1.165, 1.54) is 18.2 Å². The number of aromatic amines is 1. The average molecular weight is 339 g/mol. The van der Waals surface area contributed by atoms with Crippen LogP contribution in [0.4, 0.5) is 5.69 Å². The maximum absolute atomic E-state index is 12.4. The van der Waals surface area contributed by atoms with Crippen LogP contribution in [-0.2, 0) is 10.0 Å². The van der Waals surface area contributed by atoms with E-state index in [2.05, 4.69) is 9.71 Å². The number of anilines is 1. The lowest BCUT2D eigenvalue weighted by atomic mass is 10.2. The number of fused-ring (bicyclic) bond motifs is 1. The monoisotopic (exact) mass is 338 g/mol. The number of oxazole rings is 1. The molecule has 0 amide bonds. The highest BCUT2D eigenvalue weighted by atomic mass is 35.5. The van der Waals surface area contributed by atoms with Crippen LogP contribution < -0.4 is 10.5 Å². The van der Waals surface area contributed by atoms with Crippen molar-refractivity contribution in [3.05, 3.63) is 57.5 Å². The summed E-state index contributed by atoms with van der Waals surface area (Å²) in [6.07, 6.45) is 0. The second-order valence-electron chi connectivity index (χ2n) is 4.69. The van der Waals surface area contributed by atoms with Crippen LogP contribution in [0.25, 0.3) is 11.1 Å². The molecule has 0 atom stereocenters. The summed E-state index contributed by atoms with van der Waals surface area (Å²) in [5, 5.41) is 0.467. The molecule has 3 aromatic rings. The van der Waals surface area contributed by atoms with Crippen molar-refractivity contribution in [1.29, 1.82) is 0 Å². The molecule has 0 radical (unpaired) electrons. The van der Waals surface area contributed by atoms with Gasteiger partial charge in [0, 0.05) is 5.02 Å². The number of halogens is 1. The first-order valence-electron chi connectivity index (χ1n) is 6.27. The average Bonchev–Trinajstić information content (AvgIpc) is 2.82. The van der Waals surface area contributed by atoms with Gasteiger partial charge in [0.05, 0.1) is 16.1 Å². The third-order valence-electron chi connectivity index (χ3n) is 3.21. The zero-order valence-corrected chi connectivity index (χ0v) is 13.0. The minimum absolute atomic E-state index is 0.0106. The zero-order chi connectivity index (χ0) is 15.9. The number of rotatable bonds is 3. The van der Waals surface area contributed by atoms with Crippen molar-refractivity contribution in [2.75, 3.05) is 4.72 Å². The molecule has 114 valence electrons. The summed E-state index contributed by atoms with van der Waals surface area (Å²) in [6, 6.07) is 9.08. The molecule has 2 aromatic carbocycles. The summed E-state index contributed by atoms with van der Waals surface area (Å²) in [5.41, 5.74) is 1.64. The molecule has 3 rings (SSSR count). The van der Waals surface area contributed by atoms with Gasteiger partial charge in [-0.05, 0) is 42.8 Å². The van der Waals surface area contributed by atoms with Crippen LogP contribution in [0.3, 0.4) is 0 Å². The molecule has 22 heavy (non-hydrogen) atoms. The van der Waals surface area contributed by atoms with Crippen molar-refractivity contribution < 1.29 is 12.8 Å². The standard InChI is InChI=1S/C14H11ClN2O4S/c1-8-10(15)3-2-4-11(8)17-22(19,20)9-5-6-13-12(7-9)16-14(18)21-13/h2-7,17H,1H3,(H,16,18). The highest BCUT2D eigenvalue weighted by molar-refractivity contribution is 7.92. The van der Waals surface area contributed by atoms with Crippen molar-refractivity contribution in [1.82, 2.24) is 4.98 Å². The molecule has 0 bridgehead atoms. The van der Waals surface area contributed by atoms with E-state index in [9.17, 15) is 13.2 Å². The minimum Gasteiger partial charge on any atom is -0.408 e. The van der Waals surface area contributed by atoms with Crippen LogP contribution >= 0.6 is 11.6 Å². The Morgan fingerprint density at radius 3 is 2.77 bits per heavy atom. The highest BCUT2D eigenvalue weighted by Gasteiger charge is 2.17. The van der Waals surface area contributed by atoms with E-state index in [1.807, 2.05) is 0 Å². The molecule has 0 aliphatic carbocycles. The van der Waals surface area contributed by atoms with Gasteiger partial charge in [-0.2, -0.15) is 0 Å². The molecule has 0 saturated heterocycles. The lowest BCUT2D eigenvalue weighted by molar-refractivity contribution is 0.555. The van der Waals surface area contributed by atoms with Crippen LogP contribution in [0.5, 0.6) is 0 Å². The molecule has 1 aromatic heterocycles. The molecule has 6 nitrogen and oxygen atoms in total. The Kier molecular flexibility index (Phi) is 3.46. The largest absolute Gasteiger partial charge is 0.417 e. The second kappa shape index (κ2) is 5.19. The number of sulfonamides is 1. The fraction of sp³-hybridized carbons (Fsp3) is 0.0714. The van der Waals surface area contributed by atoms with Gasteiger partial charge in [-0.15, -0.1) is 0 Å². The smallest absolute Gasteiger partial charge is 0.408 e. The fourth-order valence-electron chi connectivity index (χ4n) is 2.02. The first kappa shape index (κ1) is 14.7. The van der Waals surface area contributed by atoms with Gasteiger partial charge in [-0.3, -0.25) is 9.71 Å². The van der Waals surface area contributed by atoms with Gasteiger partial charge in [-0.25, -0.2) is 13.2 Å². The number of hydrogen-bond acceptors (Lipinski definition) is 4. The molecule has 0 saturated carbocycles. The van der Waals surface area contributed by atoms with Gasteiger partial charge in [0.15, 0.2) is 5.58 Å². The lowest BCUT2D eigenvalue weighted by Crippen LogP contribution is -2.13. The maximum atomic E-state index is 12.4. The van der Waals surface area contributed by atoms with Gasteiger partial charge < -0.3 is 4.42 Å². The van der Waals surface area contributed by atoms with Gasteiger partial charge in [0.25, 0.3) is 10.0 Å². The van der Waals surface area contributed by atoms with E-state index < -0.39 is 15.8 Å².